The van der Waals surface area contributed by atoms with Crippen LogP contribution in [-0.4, -0.2) is 20.5 Å². The van der Waals surface area contributed by atoms with Gasteiger partial charge in [-0.1, -0.05) is 30.7 Å². The smallest absolute Gasteiger partial charge is 0.328 e. The highest BCUT2D eigenvalue weighted by Gasteiger charge is 2.42. The molecule has 5 nitrogen and oxygen atoms in total. The fourth-order valence-corrected chi connectivity index (χ4v) is 3.71. The van der Waals surface area contributed by atoms with Gasteiger partial charge in [-0.05, 0) is 30.0 Å². The van der Waals surface area contributed by atoms with Crippen LogP contribution in [0, 0.1) is 5.92 Å². The third-order valence-electron chi connectivity index (χ3n) is 4.54. The summed E-state index contributed by atoms with van der Waals surface area (Å²) in [4.78, 5) is 16.3. The molecular weight excluding hydrogens is 369 g/mol. The molecule has 1 aliphatic heterocycles. The van der Waals surface area contributed by atoms with Crippen molar-refractivity contribution in [2.75, 3.05) is 5.32 Å². The van der Waals surface area contributed by atoms with E-state index in [1.54, 1.807) is 24.3 Å². The zero-order chi connectivity index (χ0) is 18.6. The normalized spacial score (nSPS) is 22.7. The molecule has 2 heterocycles. The number of carbonyl (C=O) groups excluding carboxylic acids is 1. The molecule has 1 aromatic heterocycles. The van der Waals surface area contributed by atoms with Crippen LogP contribution in [0.15, 0.2) is 35.5 Å². The van der Waals surface area contributed by atoms with Crippen molar-refractivity contribution in [1.29, 1.82) is 0 Å². The van der Waals surface area contributed by atoms with Crippen LogP contribution in [0.3, 0.4) is 0 Å². The van der Waals surface area contributed by atoms with Gasteiger partial charge in [0, 0.05) is 22.7 Å². The molecule has 0 spiro atoms. The van der Waals surface area contributed by atoms with Crippen LogP contribution in [-0.2, 0) is 11.0 Å². The van der Waals surface area contributed by atoms with Crippen LogP contribution in [0.25, 0.3) is 0 Å². The van der Waals surface area contributed by atoms with E-state index in [0.29, 0.717) is 34.7 Å². The van der Waals surface area contributed by atoms with E-state index in [-0.39, 0.29) is 17.6 Å². The lowest BCUT2D eigenvalue weighted by Gasteiger charge is -2.34. The molecule has 1 N–H and O–H groups in total. The lowest BCUT2D eigenvalue weighted by atomic mass is 9.81. The van der Waals surface area contributed by atoms with E-state index in [9.17, 15) is 18.0 Å². The molecule has 0 saturated heterocycles. The molecule has 0 saturated carbocycles. The van der Waals surface area contributed by atoms with E-state index >= 15 is 0 Å². The van der Waals surface area contributed by atoms with E-state index in [4.69, 9.17) is 11.6 Å². The fourth-order valence-electron chi connectivity index (χ4n) is 3.51. The van der Waals surface area contributed by atoms with Gasteiger partial charge in [0.15, 0.2) is 5.78 Å². The Morgan fingerprint density at radius 3 is 2.77 bits per heavy atom. The summed E-state index contributed by atoms with van der Waals surface area (Å²) < 4.78 is 40.5. The summed E-state index contributed by atoms with van der Waals surface area (Å²) in [5.74, 6) is -1.27. The van der Waals surface area contributed by atoms with Crippen LogP contribution in [0.1, 0.15) is 37.2 Å². The van der Waals surface area contributed by atoms with Crippen molar-refractivity contribution in [2.45, 2.75) is 32.0 Å². The van der Waals surface area contributed by atoms with Gasteiger partial charge in [0.2, 0.25) is 5.95 Å². The Kier molecular flexibility index (Phi) is 3.83. The highest BCUT2D eigenvalue weighted by Crippen LogP contribution is 2.42. The first kappa shape index (κ1) is 17.1. The predicted octanol–water partition coefficient (Wildman–Crippen LogP) is 4.22. The number of nitrogens with one attached hydrogen (secondary N) is 1. The second kappa shape index (κ2) is 5.84. The number of alkyl halides is 3. The molecule has 0 bridgehead atoms. The van der Waals surface area contributed by atoms with Crippen molar-refractivity contribution in [3.8, 4) is 0 Å². The summed E-state index contributed by atoms with van der Waals surface area (Å²) in [6.45, 7) is 1.93. The lowest BCUT2D eigenvalue weighted by Crippen LogP contribution is -2.33. The molecule has 4 rings (SSSR count). The maximum atomic E-state index is 13.1. The van der Waals surface area contributed by atoms with Crippen LogP contribution in [0.4, 0.5) is 19.1 Å². The zero-order valence-corrected chi connectivity index (χ0v) is 14.4. The lowest BCUT2D eigenvalue weighted by molar-refractivity contribution is -0.145. The number of ketones is 1. The van der Waals surface area contributed by atoms with Gasteiger partial charge in [0.25, 0.3) is 5.82 Å². The number of nitrogens with zero attached hydrogens (tertiary/aromatic N) is 3. The molecule has 2 atom stereocenters. The number of hydrogen-bond donors (Lipinski definition) is 1. The Bertz CT molecular complexity index is 934. The maximum absolute atomic E-state index is 13.1. The summed E-state index contributed by atoms with van der Waals surface area (Å²) in [6, 6.07) is 5.92. The molecule has 2 aliphatic rings. The number of carbonyl (C=O) groups is 1. The molecule has 2 aromatic rings. The van der Waals surface area contributed by atoms with Gasteiger partial charge in [0.1, 0.15) is 6.04 Å². The Labute approximate surface area is 151 Å². The third kappa shape index (κ3) is 2.78. The fraction of sp³-hybridized carbons (Fsp3) is 0.353. The van der Waals surface area contributed by atoms with Crippen molar-refractivity contribution >= 4 is 23.3 Å². The molecule has 0 unspecified atom stereocenters. The van der Waals surface area contributed by atoms with Crippen molar-refractivity contribution in [3.05, 3.63) is 51.9 Å². The second-order valence-corrected chi connectivity index (χ2v) is 7.05. The summed E-state index contributed by atoms with van der Waals surface area (Å²) >= 11 is 6.06. The van der Waals surface area contributed by atoms with Crippen LogP contribution in [0.2, 0.25) is 5.02 Å². The minimum absolute atomic E-state index is 0.0250. The van der Waals surface area contributed by atoms with Crippen molar-refractivity contribution < 1.29 is 18.0 Å². The first-order valence-electron chi connectivity index (χ1n) is 8.06. The molecule has 0 radical (unpaired) electrons. The van der Waals surface area contributed by atoms with Crippen LogP contribution < -0.4 is 5.32 Å². The van der Waals surface area contributed by atoms with E-state index in [1.807, 2.05) is 6.92 Å². The average Bonchev–Trinajstić information content (AvgIpc) is 2.96. The topological polar surface area (TPSA) is 59.8 Å². The van der Waals surface area contributed by atoms with Gasteiger partial charge in [0.05, 0.1) is 0 Å². The van der Waals surface area contributed by atoms with Gasteiger partial charge in [-0.2, -0.15) is 18.2 Å². The van der Waals surface area contributed by atoms with Crippen molar-refractivity contribution in [3.63, 3.8) is 0 Å². The Morgan fingerprint density at radius 1 is 1.31 bits per heavy atom. The molecule has 1 aliphatic carbocycles. The summed E-state index contributed by atoms with van der Waals surface area (Å²) in [5.41, 5.74) is 1.62. The largest absolute Gasteiger partial charge is 0.453 e. The zero-order valence-electron chi connectivity index (χ0n) is 13.6. The summed E-state index contributed by atoms with van der Waals surface area (Å²) in [5, 5.41) is 6.95. The van der Waals surface area contributed by atoms with Crippen LogP contribution >= 0.6 is 11.6 Å². The number of halogens is 4. The van der Waals surface area contributed by atoms with E-state index in [0.717, 1.165) is 4.68 Å². The Balaban J connectivity index is 1.92. The number of benzene rings is 1. The van der Waals surface area contributed by atoms with E-state index < -0.39 is 18.0 Å². The van der Waals surface area contributed by atoms with Crippen LogP contribution in [0.5, 0.6) is 0 Å². The number of rotatable bonds is 1. The molecule has 0 fully saturated rings. The number of Topliss-reactive ketones (excluding diaryl/α,β-unsaturated/α-hetero) is 1. The quantitative estimate of drug-likeness (QED) is 0.802. The van der Waals surface area contributed by atoms with Gasteiger partial charge >= 0.3 is 6.18 Å². The molecule has 26 heavy (non-hydrogen) atoms. The molecule has 1 aromatic carbocycles. The van der Waals surface area contributed by atoms with Gasteiger partial charge in [-0.25, -0.2) is 4.68 Å². The number of fused-ring (bicyclic) bond motifs is 1. The average molecular weight is 383 g/mol. The monoisotopic (exact) mass is 382 g/mol. The highest BCUT2D eigenvalue weighted by atomic mass is 35.5. The van der Waals surface area contributed by atoms with E-state index in [2.05, 4.69) is 15.4 Å². The van der Waals surface area contributed by atoms with Crippen molar-refractivity contribution in [1.82, 2.24) is 14.8 Å². The Hall–Kier alpha value is -2.35. The standard InChI is InChI=1S/C17H14ClF3N4O/c1-8-5-11-13(12(26)6-8)14(9-3-2-4-10(18)7-9)25-16(22-11)23-15(24-25)17(19,20)21/h2-4,7-8,14H,5-6H2,1H3,(H,22,23,24)/t8-,14+/m1/s1. The number of aromatic nitrogens is 3. The molecule has 0 amide bonds. The minimum Gasteiger partial charge on any atom is -0.328 e. The highest BCUT2D eigenvalue weighted by molar-refractivity contribution is 6.30. The first-order valence-corrected chi connectivity index (χ1v) is 8.44. The number of hydrogen-bond acceptors (Lipinski definition) is 4. The Morgan fingerprint density at radius 2 is 2.08 bits per heavy atom. The summed E-state index contributed by atoms with van der Waals surface area (Å²) in [7, 11) is 0. The predicted molar refractivity (Wildman–Crippen MR) is 88.7 cm³/mol. The summed E-state index contributed by atoms with van der Waals surface area (Å²) in [6.07, 6.45) is -3.78. The SMILES string of the molecule is C[C@H]1CC(=O)C2=C(C1)Nc1nc(C(F)(F)F)nn1[C@H]2c1cccc(Cl)c1. The molecule has 9 heteroatoms. The number of allylic oxidation sites excluding steroid dienone is 2. The minimum atomic E-state index is -4.68. The van der Waals surface area contributed by atoms with Gasteiger partial charge in [-0.3, -0.25) is 4.79 Å². The van der Waals surface area contributed by atoms with E-state index in [1.165, 1.54) is 0 Å². The van der Waals surface area contributed by atoms with Gasteiger partial charge in [-0.15, -0.1) is 5.10 Å². The molecular formula is C17H14ClF3N4O. The van der Waals surface area contributed by atoms with Crippen molar-refractivity contribution in [2.24, 2.45) is 5.92 Å². The molecule has 136 valence electrons. The maximum Gasteiger partial charge on any atom is 0.453 e. The first-order chi connectivity index (χ1) is 12.2. The second-order valence-electron chi connectivity index (χ2n) is 6.61. The third-order valence-corrected chi connectivity index (χ3v) is 4.78. The number of anilines is 1. The van der Waals surface area contributed by atoms with Gasteiger partial charge < -0.3 is 5.32 Å².